The van der Waals surface area contributed by atoms with Crippen LogP contribution in [0.25, 0.3) is 11.0 Å². The lowest BCUT2D eigenvalue weighted by atomic mass is 10.1. The molecule has 0 saturated heterocycles. The SMILES string of the molecule is Cc1cc(=O)oc2cc(O[C@@H](C)C(=O)N/N=C\c3ccc([C@H]4C[C@@H]4C)o3)ccc12. The predicted octanol–water partition coefficient (Wildman–Crippen LogP) is 3.74. The first kappa shape index (κ1) is 19.0. The van der Waals surface area contributed by atoms with Crippen molar-refractivity contribution in [2.24, 2.45) is 11.0 Å². The van der Waals surface area contributed by atoms with E-state index in [2.05, 4.69) is 17.5 Å². The van der Waals surface area contributed by atoms with Gasteiger partial charge in [0.2, 0.25) is 0 Å². The molecule has 0 spiro atoms. The van der Waals surface area contributed by atoms with Crippen LogP contribution in [0.5, 0.6) is 5.75 Å². The van der Waals surface area contributed by atoms with Crippen molar-refractivity contribution in [2.45, 2.75) is 39.2 Å². The normalized spacial score (nSPS) is 19.4. The Hall–Kier alpha value is -3.35. The maximum atomic E-state index is 12.2. The summed E-state index contributed by atoms with van der Waals surface area (Å²) in [6, 6.07) is 10.3. The molecule has 1 saturated carbocycles. The average molecular weight is 394 g/mol. The number of amides is 1. The maximum absolute atomic E-state index is 12.2. The van der Waals surface area contributed by atoms with E-state index < -0.39 is 17.6 Å². The zero-order chi connectivity index (χ0) is 20.5. The fourth-order valence-corrected chi connectivity index (χ4v) is 3.24. The summed E-state index contributed by atoms with van der Waals surface area (Å²) in [5.41, 5.74) is 3.25. The van der Waals surface area contributed by atoms with Crippen molar-refractivity contribution < 1.29 is 18.4 Å². The number of ether oxygens (including phenoxy) is 1. The van der Waals surface area contributed by atoms with Crippen molar-refractivity contribution in [3.8, 4) is 5.75 Å². The van der Waals surface area contributed by atoms with Crippen LogP contribution in [0.2, 0.25) is 0 Å². The lowest BCUT2D eigenvalue weighted by Crippen LogP contribution is -2.33. The van der Waals surface area contributed by atoms with Gasteiger partial charge in [0, 0.05) is 23.4 Å². The third-order valence-electron chi connectivity index (χ3n) is 5.09. The first-order chi connectivity index (χ1) is 13.9. The van der Waals surface area contributed by atoms with Crippen LogP contribution in [0.4, 0.5) is 0 Å². The van der Waals surface area contributed by atoms with E-state index in [4.69, 9.17) is 13.6 Å². The largest absolute Gasteiger partial charge is 0.481 e. The molecule has 1 aliphatic carbocycles. The Morgan fingerprint density at radius 1 is 1.28 bits per heavy atom. The molecule has 1 aromatic carbocycles. The molecule has 7 nitrogen and oxygen atoms in total. The smallest absolute Gasteiger partial charge is 0.336 e. The highest BCUT2D eigenvalue weighted by atomic mass is 16.5. The van der Waals surface area contributed by atoms with E-state index in [1.165, 1.54) is 12.3 Å². The predicted molar refractivity (Wildman–Crippen MR) is 108 cm³/mol. The van der Waals surface area contributed by atoms with E-state index in [0.29, 0.717) is 28.9 Å². The summed E-state index contributed by atoms with van der Waals surface area (Å²) in [4.78, 5) is 23.8. The zero-order valence-electron chi connectivity index (χ0n) is 16.5. The molecule has 3 aromatic rings. The van der Waals surface area contributed by atoms with Crippen LogP contribution in [-0.2, 0) is 4.79 Å². The Morgan fingerprint density at radius 2 is 2.07 bits per heavy atom. The number of carbonyl (C=O) groups is 1. The molecule has 3 atom stereocenters. The van der Waals surface area contributed by atoms with Gasteiger partial charge in [0.05, 0.1) is 6.21 Å². The van der Waals surface area contributed by atoms with Gasteiger partial charge in [-0.2, -0.15) is 5.10 Å². The number of furan rings is 1. The Morgan fingerprint density at radius 3 is 2.83 bits per heavy atom. The van der Waals surface area contributed by atoms with Crippen LogP contribution < -0.4 is 15.8 Å². The van der Waals surface area contributed by atoms with Gasteiger partial charge in [-0.15, -0.1) is 0 Å². The second-order valence-electron chi connectivity index (χ2n) is 7.46. The lowest BCUT2D eigenvalue weighted by molar-refractivity contribution is -0.127. The molecule has 1 amide bonds. The molecule has 2 aromatic heterocycles. The summed E-state index contributed by atoms with van der Waals surface area (Å²) < 4.78 is 16.6. The number of nitrogens with zero attached hydrogens (tertiary/aromatic N) is 1. The van der Waals surface area contributed by atoms with Gasteiger partial charge >= 0.3 is 5.63 Å². The van der Waals surface area contributed by atoms with E-state index >= 15 is 0 Å². The molecule has 0 radical (unpaired) electrons. The second-order valence-corrected chi connectivity index (χ2v) is 7.46. The van der Waals surface area contributed by atoms with E-state index in [9.17, 15) is 9.59 Å². The fraction of sp³-hybridized carbons (Fsp3) is 0.318. The van der Waals surface area contributed by atoms with Gasteiger partial charge < -0.3 is 13.6 Å². The highest BCUT2D eigenvalue weighted by molar-refractivity contribution is 5.84. The summed E-state index contributed by atoms with van der Waals surface area (Å²) >= 11 is 0. The number of benzene rings is 1. The quantitative estimate of drug-likeness (QED) is 0.390. The summed E-state index contributed by atoms with van der Waals surface area (Å²) in [5.74, 6) is 2.72. The van der Waals surface area contributed by atoms with Crippen molar-refractivity contribution >= 4 is 23.1 Å². The van der Waals surface area contributed by atoms with Crippen LogP contribution in [0.15, 0.2) is 55.1 Å². The monoisotopic (exact) mass is 394 g/mol. The topological polar surface area (TPSA) is 94.0 Å². The van der Waals surface area contributed by atoms with Crippen molar-refractivity contribution in [3.05, 3.63) is 63.9 Å². The van der Waals surface area contributed by atoms with Gasteiger partial charge in [0.1, 0.15) is 22.9 Å². The third-order valence-corrected chi connectivity index (χ3v) is 5.09. The summed E-state index contributed by atoms with van der Waals surface area (Å²) in [5, 5.41) is 4.75. The van der Waals surface area contributed by atoms with Crippen molar-refractivity contribution in [1.82, 2.24) is 5.43 Å². The van der Waals surface area contributed by atoms with E-state index in [-0.39, 0.29) is 0 Å². The number of rotatable bonds is 6. The van der Waals surface area contributed by atoms with Gasteiger partial charge in [-0.1, -0.05) is 6.92 Å². The summed E-state index contributed by atoms with van der Waals surface area (Å²) in [7, 11) is 0. The molecule has 29 heavy (non-hydrogen) atoms. The van der Waals surface area contributed by atoms with Gasteiger partial charge in [0.15, 0.2) is 6.10 Å². The van der Waals surface area contributed by atoms with Gasteiger partial charge in [-0.05, 0) is 56.0 Å². The molecule has 0 unspecified atom stereocenters. The van der Waals surface area contributed by atoms with E-state index in [0.717, 1.165) is 23.1 Å². The Bertz CT molecular complexity index is 1140. The zero-order valence-corrected chi connectivity index (χ0v) is 16.5. The molecular weight excluding hydrogens is 372 g/mol. The van der Waals surface area contributed by atoms with Gasteiger partial charge in [0.25, 0.3) is 5.91 Å². The van der Waals surface area contributed by atoms with Crippen LogP contribution in [0, 0.1) is 12.8 Å². The molecule has 1 aliphatic rings. The molecule has 7 heteroatoms. The summed E-state index contributed by atoms with van der Waals surface area (Å²) in [6.45, 7) is 5.63. The minimum atomic E-state index is -0.791. The van der Waals surface area contributed by atoms with Gasteiger partial charge in [-0.25, -0.2) is 10.2 Å². The Balaban J connectivity index is 1.36. The van der Waals surface area contributed by atoms with E-state index in [1.54, 1.807) is 25.1 Å². The van der Waals surface area contributed by atoms with Crippen LogP contribution in [0.3, 0.4) is 0 Å². The molecule has 0 bridgehead atoms. The van der Waals surface area contributed by atoms with E-state index in [1.807, 2.05) is 19.1 Å². The molecular formula is C22H22N2O5. The van der Waals surface area contributed by atoms with Crippen LogP contribution in [0.1, 0.15) is 43.3 Å². The Labute approximate surface area is 167 Å². The first-order valence-electron chi connectivity index (χ1n) is 9.54. The highest BCUT2D eigenvalue weighted by Crippen LogP contribution is 2.47. The van der Waals surface area contributed by atoms with Gasteiger partial charge in [-0.3, -0.25) is 4.79 Å². The molecule has 1 fully saturated rings. The minimum Gasteiger partial charge on any atom is -0.481 e. The number of carbonyl (C=O) groups excluding carboxylic acids is 1. The fourth-order valence-electron chi connectivity index (χ4n) is 3.24. The number of fused-ring (bicyclic) bond motifs is 1. The average Bonchev–Trinajstić information content (AvgIpc) is 3.21. The summed E-state index contributed by atoms with van der Waals surface area (Å²) in [6.07, 6.45) is 1.82. The standard InChI is InChI=1S/C22H22N2O5/c1-12-8-18(12)19-7-5-16(28-19)11-23-24-22(26)14(3)27-15-4-6-17-13(2)9-21(25)29-20(17)10-15/h4-7,9-12,14,18H,8H2,1-3H3,(H,24,26)/b23-11-/t12-,14-,18-/m0/s1. The first-order valence-corrected chi connectivity index (χ1v) is 9.54. The second kappa shape index (κ2) is 7.58. The van der Waals surface area contributed by atoms with Crippen LogP contribution >= 0.6 is 0 Å². The van der Waals surface area contributed by atoms with Crippen LogP contribution in [-0.4, -0.2) is 18.2 Å². The molecule has 0 aliphatic heterocycles. The minimum absolute atomic E-state index is 0.408. The maximum Gasteiger partial charge on any atom is 0.336 e. The third kappa shape index (κ3) is 4.23. The van der Waals surface area contributed by atoms with Crippen molar-refractivity contribution in [3.63, 3.8) is 0 Å². The van der Waals surface area contributed by atoms with Crippen molar-refractivity contribution in [2.75, 3.05) is 0 Å². The number of nitrogens with one attached hydrogen (secondary N) is 1. The number of aryl methyl sites for hydroxylation is 1. The molecule has 1 N–H and O–H groups in total. The number of hydrogen-bond donors (Lipinski definition) is 1. The number of hydrogen-bond acceptors (Lipinski definition) is 6. The lowest BCUT2D eigenvalue weighted by Gasteiger charge is -2.13. The number of hydrazone groups is 1. The molecule has 4 rings (SSSR count). The molecule has 150 valence electrons. The highest BCUT2D eigenvalue weighted by Gasteiger charge is 2.36. The van der Waals surface area contributed by atoms with Crippen molar-refractivity contribution in [1.29, 1.82) is 0 Å². The molecule has 2 heterocycles. The Kier molecular flexibility index (Phi) is 4.96.